The molecule has 2 aromatic heterocycles. The van der Waals surface area contributed by atoms with Crippen molar-refractivity contribution >= 4 is 0 Å². The van der Waals surface area contributed by atoms with Gasteiger partial charge in [-0.25, -0.2) is 4.39 Å². The highest BCUT2D eigenvalue weighted by Crippen LogP contribution is 2.24. The topological polar surface area (TPSA) is 51.8 Å². The van der Waals surface area contributed by atoms with E-state index in [0.717, 1.165) is 5.56 Å². The van der Waals surface area contributed by atoms with Crippen LogP contribution in [0.3, 0.4) is 0 Å². The van der Waals surface area contributed by atoms with Gasteiger partial charge in [0, 0.05) is 24.0 Å². The molecule has 2 heterocycles. The third-order valence-electron chi connectivity index (χ3n) is 2.46. The van der Waals surface area contributed by atoms with E-state index >= 15 is 0 Å². The molecule has 0 saturated carbocycles. The zero-order valence-corrected chi connectivity index (χ0v) is 9.25. The van der Waals surface area contributed by atoms with Crippen LogP contribution in [0.25, 0.3) is 22.7 Å². The number of aromatic nitrogens is 3. The predicted molar refractivity (Wildman–Crippen MR) is 62.9 cm³/mol. The van der Waals surface area contributed by atoms with E-state index in [1.54, 1.807) is 36.8 Å². The SMILES string of the molecule is Fc1ccc(-c2cc(-c3cnccn3)no2)cc1. The lowest BCUT2D eigenvalue weighted by Crippen LogP contribution is -1.82. The molecule has 18 heavy (non-hydrogen) atoms. The lowest BCUT2D eigenvalue weighted by Gasteiger charge is -1.93. The minimum Gasteiger partial charge on any atom is -0.356 e. The minimum atomic E-state index is -0.285. The lowest BCUT2D eigenvalue weighted by atomic mass is 10.1. The van der Waals surface area contributed by atoms with Crippen molar-refractivity contribution in [3.05, 3.63) is 54.7 Å². The van der Waals surface area contributed by atoms with E-state index < -0.39 is 0 Å². The van der Waals surface area contributed by atoms with Crippen LogP contribution in [0.4, 0.5) is 4.39 Å². The summed E-state index contributed by atoms with van der Waals surface area (Å²) in [7, 11) is 0. The van der Waals surface area contributed by atoms with Crippen molar-refractivity contribution < 1.29 is 8.91 Å². The summed E-state index contributed by atoms with van der Waals surface area (Å²) in [4.78, 5) is 8.09. The first-order valence-electron chi connectivity index (χ1n) is 5.32. The fourth-order valence-corrected chi connectivity index (χ4v) is 1.58. The van der Waals surface area contributed by atoms with Crippen LogP contribution in [0.15, 0.2) is 53.4 Å². The molecule has 0 aliphatic heterocycles. The summed E-state index contributed by atoms with van der Waals surface area (Å²) >= 11 is 0. The van der Waals surface area contributed by atoms with E-state index in [1.165, 1.54) is 12.1 Å². The largest absolute Gasteiger partial charge is 0.356 e. The molecule has 0 aliphatic rings. The molecule has 0 unspecified atom stereocenters. The Kier molecular flexibility index (Phi) is 2.57. The normalized spacial score (nSPS) is 10.5. The van der Waals surface area contributed by atoms with Gasteiger partial charge in [-0.2, -0.15) is 0 Å². The van der Waals surface area contributed by atoms with Crippen LogP contribution in [0.1, 0.15) is 0 Å². The van der Waals surface area contributed by atoms with E-state index in [0.29, 0.717) is 17.1 Å². The summed E-state index contributed by atoms with van der Waals surface area (Å²) in [5.41, 5.74) is 2.00. The van der Waals surface area contributed by atoms with Gasteiger partial charge in [-0.05, 0) is 24.3 Å². The number of nitrogens with zero attached hydrogens (tertiary/aromatic N) is 3. The average Bonchev–Trinajstić information content (AvgIpc) is 2.90. The molecule has 0 radical (unpaired) electrons. The summed E-state index contributed by atoms with van der Waals surface area (Å²) in [5, 5.41) is 3.91. The van der Waals surface area contributed by atoms with Crippen LogP contribution < -0.4 is 0 Å². The molecule has 0 atom stereocenters. The summed E-state index contributed by atoms with van der Waals surface area (Å²) in [5.74, 6) is 0.281. The van der Waals surface area contributed by atoms with Gasteiger partial charge in [0.05, 0.1) is 6.20 Å². The second-order valence-corrected chi connectivity index (χ2v) is 3.67. The van der Waals surface area contributed by atoms with Gasteiger partial charge in [-0.1, -0.05) is 5.16 Å². The van der Waals surface area contributed by atoms with Crippen molar-refractivity contribution in [1.82, 2.24) is 15.1 Å². The van der Waals surface area contributed by atoms with Gasteiger partial charge in [0.1, 0.15) is 17.2 Å². The highest BCUT2D eigenvalue weighted by molar-refractivity contribution is 5.63. The van der Waals surface area contributed by atoms with Crippen LogP contribution in [0.2, 0.25) is 0 Å². The monoisotopic (exact) mass is 241 g/mol. The number of hydrogen-bond donors (Lipinski definition) is 0. The highest BCUT2D eigenvalue weighted by atomic mass is 19.1. The molecule has 0 saturated heterocycles. The predicted octanol–water partition coefficient (Wildman–Crippen LogP) is 2.94. The molecule has 0 fully saturated rings. The van der Waals surface area contributed by atoms with Crippen molar-refractivity contribution in [3.63, 3.8) is 0 Å². The van der Waals surface area contributed by atoms with Crippen molar-refractivity contribution in [2.24, 2.45) is 0 Å². The molecule has 0 spiro atoms. The molecular formula is C13H8FN3O. The fraction of sp³-hybridized carbons (Fsp3) is 0. The van der Waals surface area contributed by atoms with Crippen molar-refractivity contribution in [3.8, 4) is 22.7 Å². The quantitative estimate of drug-likeness (QED) is 0.692. The molecule has 0 N–H and O–H groups in total. The zero-order chi connectivity index (χ0) is 12.4. The first kappa shape index (κ1) is 10.6. The van der Waals surface area contributed by atoms with Crippen molar-refractivity contribution in [2.45, 2.75) is 0 Å². The Labute approximate surface area is 102 Å². The van der Waals surface area contributed by atoms with E-state index in [4.69, 9.17) is 4.52 Å². The van der Waals surface area contributed by atoms with Crippen LogP contribution in [0.5, 0.6) is 0 Å². The Morgan fingerprint density at radius 2 is 1.83 bits per heavy atom. The molecule has 88 valence electrons. The molecule has 3 rings (SSSR count). The Morgan fingerprint density at radius 1 is 1.00 bits per heavy atom. The lowest BCUT2D eigenvalue weighted by molar-refractivity contribution is 0.434. The fourth-order valence-electron chi connectivity index (χ4n) is 1.58. The van der Waals surface area contributed by atoms with Crippen LogP contribution >= 0.6 is 0 Å². The van der Waals surface area contributed by atoms with E-state index in [-0.39, 0.29) is 5.82 Å². The van der Waals surface area contributed by atoms with Crippen LogP contribution in [-0.4, -0.2) is 15.1 Å². The number of rotatable bonds is 2. The van der Waals surface area contributed by atoms with Crippen molar-refractivity contribution in [2.75, 3.05) is 0 Å². The Bertz CT molecular complexity index is 650. The van der Waals surface area contributed by atoms with Gasteiger partial charge in [-0.3, -0.25) is 9.97 Å². The second-order valence-electron chi connectivity index (χ2n) is 3.67. The molecule has 3 aromatic rings. The second kappa shape index (κ2) is 4.37. The van der Waals surface area contributed by atoms with Crippen LogP contribution in [-0.2, 0) is 0 Å². The maximum Gasteiger partial charge on any atom is 0.167 e. The standard InChI is InChI=1S/C13H8FN3O/c14-10-3-1-9(2-4-10)13-7-11(17-18-13)12-8-15-5-6-16-12/h1-8H. The van der Waals surface area contributed by atoms with Crippen LogP contribution in [0, 0.1) is 5.82 Å². The maximum atomic E-state index is 12.8. The first-order valence-corrected chi connectivity index (χ1v) is 5.32. The van der Waals surface area contributed by atoms with E-state index in [9.17, 15) is 4.39 Å². The van der Waals surface area contributed by atoms with Gasteiger partial charge in [0.15, 0.2) is 5.76 Å². The number of halogens is 1. The molecule has 1 aromatic carbocycles. The van der Waals surface area contributed by atoms with Crippen molar-refractivity contribution in [1.29, 1.82) is 0 Å². The molecule has 0 aliphatic carbocycles. The first-order chi connectivity index (χ1) is 8.83. The molecule has 0 bridgehead atoms. The molecule has 0 amide bonds. The smallest absolute Gasteiger partial charge is 0.167 e. The van der Waals surface area contributed by atoms with E-state index in [2.05, 4.69) is 15.1 Å². The third kappa shape index (κ3) is 1.98. The Morgan fingerprint density at radius 3 is 2.56 bits per heavy atom. The van der Waals surface area contributed by atoms with Gasteiger partial charge in [0.2, 0.25) is 0 Å². The van der Waals surface area contributed by atoms with Gasteiger partial charge < -0.3 is 4.52 Å². The number of benzene rings is 1. The minimum absolute atomic E-state index is 0.285. The number of hydrogen-bond acceptors (Lipinski definition) is 4. The zero-order valence-electron chi connectivity index (χ0n) is 9.25. The van der Waals surface area contributed by atoms with Gasteiger partial charge >= 0.3 is 0 Å². The summed E-state index contributed by atoms with van der Waals surface area (Å²) in [6, 6.07) is 7.77. The third-order valence-corrected chi connectivity index (χ3v) is 2.46. The Hall–Kier alpha value is -2.56. The summed E-state index contributed by atoms with van der Waals surface area (Å²) in [6.45, 7) is 0. The van der Waals surface area contributed by atoms with Gasteiger partial charge in [0.25, 0.3) is 0 Å². The van der Waals surface area contributed by atoms with Gasteiger partial charge in [-0.15, -0.1) is 0 Å². The summed E-state index contributed by atoms with van der Waals surface area (Å²) < 4.78 is 18.0. The highest BCUT2D eigenvalue weighted by Gasteiger charge is 2.09. The molecule has 4 nitrogen and oxygen atoms in total. The molecule has 5 heteroatoms. The maximum absolute atomic E-state index is 12.8. The molecular weight excluding hydrogens is 233 g/mol. The Balaban J connectivity index is 1.97. The average molecular weight is 241 g/mol. The van der Waals surface area contributed by atoms with E-state index in [1.807, 2.05) is 0 Å². The summed E-state index contributed by atoms with van der Waals surface area (Å²) in [6.07, 6.45) is 4.78.